The van der Waals surface area contributed by atoms with Gasteiger partial charge in [0, 0.05) is 0 Å². The van der Waals surface area contributed by atoms with E-state index in [0.717, 1.165) is 6.07 Å². The highest BCUT2D eigenvalue weighted by molar-refractivity contribution is 7.92. The summed E-state index contributed by atoms with van der Waals surface area (Å²) in [5, 5.41) is 0. The Hall–Kier alpha value is -1.83. The quantitative estimate of drug-likeness (QED) is 0.584. The van der Waals surface area contributed by atoms with E-state index < -0.39 is 50.3 Å². The minimum absolute atomic E-state index is 0.0530. The van der Waals surface area contributed by atoms with Gasteiger partial charge in [0.25, 0.3) is 0 Å². The zero-order valence-corrected chi connectivity index (χ0v) is 11.4. The van der Waals surface area contributed by atoms with Crippen LogP contribution in [0.2, 0.25) is 0 Å². The molecule has 1 aromatic rings. The van der Waals surface area contributed by atoms with Crippen molar-refractivity contribution in [3.05, 3.63) is 29.8 Å². The lowest BCUT2D eigenvalue weighted by molar-refractivity contribution is -0.145. The van der Waals surface area contributed by atoms with E-state index in [1.807, 2.05) is 0 Å². The average Bonchev–Trinajstić information content (AvgIpc) is 2.31. The minimum atomic E-state index is -4.35. The van der Waals surface area contributed by atoms with Gasteiger partial charge in [-0.2, -0.15) is 0 Å². The van der Waals surface area contributed by atoms with E-state index in [9.17, 15) is 26.8 Å². The third-order valence-electron chi connectivity index (χ3n) is 2.23. The highest BCUT2D eigenvalue weighted by Gasteiger charge is 2.25. The summed E-state index contributed by atoms with van der Waals surface area (Å²) in [6.45, 7) is 1.58. The van der Waals surface area contributed by atoms with Crippen LogP contribution in [-0.2, 0) is 24.2 Å². The molecular weight excluding hydrogens is 294 g/mol. The van der Waals surface area contributed by atoms with Crippen molar-refractivity contribution in [3.63, 3.8) is 0 Å². The van der Waals surface area contributed by atoms with Gasteiger partial charge in [-0.25, -0.2) is 17.2 Å². The van der Waals surface area contributed by atoms with Crippen LogP contribution in [0, 0.1) is 11.6 Å². The molecule has 1 aromatic carbocycles. The van der Waals surface area contributed by atoms with Crippen molar-refractivity contribution in [2.45, 2.75) is 18.2 Å². The van der Waals surface area contributed by atoms with E-state index in [1.165, 1.54) is 6.92 Å². The molecule has 0 fully saturated rings. The van der Waals surface area contributed by atoms with E-state index >= 15 is 0 Å². The molecule has 20 heavy (non-hydrogen) atoms. The summed E-state index contributed by atoms with van der Waals surface area (Å²) < 4.78 is 54.3. The zero-order chi connectivity index (χ0) is 15.3. The first-order valence-corrected chi connectivity index (χ1v) is 7.26. The van der Waals surface area contributed by atoms with Gasteiger partial charge >= 0.3 is 5.97 Å². The van der Waals surface area contributed by atoms with Gasteiger partial charge in [0.15, 0.2) is 15.6 Å². The largest absolute Gasteiger partial charge is 0.466 e. The second kappa shape index (κ2) is 6.56. The molecule has 0 aromatic heterocycles. The number of hydrogen-bond acceptors (Lipinski definition) is 5. The number of hydrogen-bond donors (Lipinski definition) is 0. The van der Waals surface area contributed by atoms with Crippen molar-refractivity contribution in [2.75, 3.05) is 12.4 Å². The van der Waals surface area contributed by atoms with Crippen LogP contribution in [0.3, 0.4) is 0 Å². The van der Waals surface area contributed by atoms with Gasteiger partial charge in [-0.05, 0) is 25.1 Å². The number of esters is 1. The number of ketones is 1. The van der Waals surface area contributed by atoms with Crippen molar-refractivity contribution < 1.29 is 31.5 Å². The van der Waals surface area contributed by atoms with Crippen LogP contribution >= 0.6 is 0 Å². The smallest absolute Gasteiger partial charge is 0.313 e. The maximum Gasteiger partial charge on any atom is 0.313 e. The third kappa shape index (κ3) is 4.37. The van der Waals surface area contributed by atoms with E-state index in [-0.39, 0.29) is 6.61 Å². The van der Waals surface area contributed by atoms with Crippen LogP contribution in [0.25, 0.3) is 0 Å². The van der Waals surface area contributed by atoms with E-state index in [1.54, 1.807) is 0 Å². The summed E-state index contributed by atoms with van der Waals surface area (Å²) in [6.07, 6.45) is -0.732. The SMILES string of the molecule is CCOC(=O)CC(=O)CS(=O)(=O)c1cc(F)ccc1F. The Labute approximate surface area is 114 Å². The number of benzene rings is 1. The first-order chi connectivity index (χ1) is 9.26. The first kappa shape index (κ1) is 16.2. The molecule has 0 N–H and O–H groups in total. The fourth-order valence-electron chi connectivity index (χ4n) is 1.43. The Balaban J connectivity index is 2.87. The van der Waals surface area contributed by atoms with Crippen molar-refractivity contribution in [1.29, 1.82) is 0 Å². The Kier molecular flexibility index (Phi) is 5.32. The summed E-state index contributed by atoms with van der Waals surface area (Å²) in [6, 6.07) is 1.90. The molecule has 0 bridgehead atoms. The second-order valence-corrected chi connectivity index (χ2v) is 5.81. The summed E-state index contributed by atoms with van der Waals surface area (Å²) in [5.74, 6) is -5.01. The minimum Gasteiger partial charge on any atom is -0.466 e. The van der Waals surface area contributed by atoms with Crippen LogP contribution in [0.4, 0.5) is 8.78 Å². The van der Waals surface area contributed by atoms with Gasteiger partial charge in [0.05, 0.1) is 6.61 Å². The molecule has 1 rings (SSSR count). The normalized spacial score (nSPS) is 11.2. The number of ether oxygens (including phenoxy) is 1. The number of Topliss-reactive ketones (excluding diaryl/α,β-unsaturated/α-hetero) is 1. The van der Waals surface area contributed by atoms with Crippen molar-refractivity contribution in [2.24, 2.45) is 0 Å². The summed E-state index contributed by atoms with van der Waals surface area (Å²) in [5.41, 5.74) is 0. The molecule has 0 amide bonds. The zero-order valence-electron chi connectivity index (χ0n) is 10.6. The van der Waals surface area contributed by atoms with Gasteiger partial charge in [0.2, 0.25) is 0 Å². The fourth-order valence-corrected chi connectivity index (χ4v) is 2.77. The molecule has 0 unspecified atom stereocenters. The van der Waals surface area contributed by atoms with Crippen LogP contribution in [0.5, 0.6) is 0 Å². The molecule has 0 aliphatic heterocycles. The standard InChI is InChI=1S/C12H12F2O5S/c1-2-19-12(16)6-9(15)7-20(17,18)11-5-8(13)3-4-10(11)14/h3-5H,2,6-7H2,1H3. The lowest BCUT2D eigenvalue weighted by atomic mass is 10.3. The molecule has 0 aliphatic rings. The molecule has 110 valence electrons. The maximum absolute atomic E-state index is 13.4. The van der Waals surface area contributed by atoms with Gasteiger partial charge in [-0.1, -0.05) is 0 Å². The van der Waals surface area contributed by atoms with Crippen LogP contribution in [0.15, 0.2) is 23.1 Å². The Bertz CT molecular complexity index is 625. The van der Waals surface area contributed by atoms with Crippen LogP contribution in [-0.4, -0.2) is 32.5 Å². The number of carbonyl (C=O) groups is 2. The lowest BCUT2D eigenvalue weighted by Gasteiger charge is -2.05. The van der Waals surface area contributed by atoms with Gasteiger partial charge in [0.1, 0.15) is 28.7 Å². The average molecular weight is 306 g/mol. The van der Waals surface area contributed by atoms with Gasteiger partial charge in [-0.3, -0.25) is 9.59 Å². The summed E-state index contributed by atoms with van der Waals surface area (Å²) in [4.78, 5) is 21.5. The molecular formula is C12H12F2O5S. The Morgan fingerprint density at radius 3 is 2.50 bits per heavy atom. The fraction of sp³-hybridized carbons (Fsp3) is 0.333. The Morgan fingerprint density at radius 1 is 1.25 bits per heavy atom. The molecule has 0 saturated heterocycles. The second-order valence-electron chi connectivity index (χ2n) is 3.85. The van der Waals surface area contributed by atoms with Crippen molar-refractivity contribution in [1.82, 2.24) is 0 Å². The third-order valence-corrected chi connectivity index (χ3v) is 3.91. The van der Waals surface area contributed by atoms with E-state index in [4.69, 9.17) is 0 Å². The molecule has 0 radical (unpaired) electrons. The van der Waals surface area contributed by atoms with E-state index in [2.05, 4.69) is 4.74 Å². The number of sulfone groups is 1. The molecule has 0 heterocycles. The number of halogens is 2. The molecule has 0 aliphatic carbocycles. The summed E-state index contributed by atoms with van der Waals surface area (Å²) >= 11 is 0. The monoisotopic (exact) mass is 306 g/mol. The lowest BCUT2D eigenvalue weighted by Crippen LogP contribution is -2.21. The molecule has 0 saturated carbocycles. The molecule has 0 spiro atoms. The number of rotatable bonds is 6. The van der Waals surface area contributed by atoms with Gasteiger partial charge < -0.3 is 4.74 Å². The molecule has 8 heteroatoms. The Morgan fingerprint density at radius 2 is 1.90 bits per heavy atom. The van der Waals surface area contributed by atoms with Crippen molar-refractivity contribution >= 4 is 21.6 Å². The predicted octanol–water partition coefficient (Wildman–Crippen LogP) is 1.26. The van der Waals surface area contributed by atoms with Crippen LogP contribution < -0.4 is 0 Å². The maximum atomic E-state index is 13.4. The predicted molar refractivity (Wildman–Crippen MR) is 64.7 cm³/mol. The summed E-state index contributed by atoms with van der Waals surface area (Å²) in [7, 11) is -4.35. The highest BCUT2D eigenvalue weighted by Crippen LogP contribution is 2.17. The highest BCUT2D eigenvalue weighted by atomic mass is 32.2. The van der Waals surface area contributed by atoms with Crippen molar-refractivity contribution in [3.8, 4) is 0 Å². The first-order valence-electron chi connectivity index (χ1n) is 5.61. The number of carbonyl (C=O) groups excluding carboxylic acids is 2. The van der Waals surface area contributed by atoms with E-state index in [0.29, 0.717) is 12.1 Å². The van der Waals surface area contributed by atoms with Gasteiger partial charge in [-0.15, -0.1) is 0 Å². The molecule has 0 atom stereocenters. The van der Waals surface area contributed by atoms with Crippen LogP contribution in [0.1, 0.15) is 13.3 Å². The molecule has 5 nitrogen and oxygen atoms in total. The topological polar surface area (TPSA) is 77.5 Å².